The van der Waals surface area contributed by atoms with Crippen LogP contribution in [0.3, 0.4) is 0 Å². The maximum absolute atomic E-state index is 12.2. The summed E-state index contributed by atoms with van der Waals surface area (Å²) in [5, 5.41) is 9.64. The van der Waals surface area contributed by atoms with Gasteiger partial charge < -0.3 is 14.6 Å². The Bertz CT molecular complexity index is 874. The lowest BCUT2D eigenvalue weighted by Crippen LogP contribution is -2.27. The Morgan fingerprint density at radius 2 is 0.750 bits per heavy atom. The van der Waals surface area contributed by atoms with Crippen LogP contribution in [0.25, 0.3) is 0 Å². The Morgan fingerprint density at radius 1 is 0.429 bits per heavy atom. The summed E-state index contributed by atoms with van der Waals surface area (Å²) in [7, 11) is 0. The number of carbonyl (C=O) groups is 1. The lowest BCUT2D eigenvalue weighted by Gasteiger charge is -2.16. The van der Waals surface area contributed by atoms with E-state index in [0.717, 1.165) is 32.1 Å². The van der Waals surface area contributed by atoms with Gasteiger partial charge in [0.05, 0.1) is 13.2 Å². The van der Waals surface area contributed by atoms with Gasteiger partial charge >= 0.3 is 5.97 Å². The Labute approximate surface area is 350 Å². The van der Waals surface area contributed by atoms with Crippen molar-refractivity contribution in [3.05, 3.63) is 48.6 Å². The molecule has 0 aliphatic heterocycles. The van der Waals surface area contributed by atoms with Crippen LogP contribution in [-0.2, 0) is 14.3 Å². The molecule has 0 rings (SSSR count). The van der Waals surface area contributed by atoms with Crippen molar-refractivity contribution in [1.82, 2.24) is 0 Å². The number of hydrogen-bond donors (Lipinski definition) is 1. The Morgan fingerprint density at radius 3 is 1.14 bits per heavy atom. The summed E-state index contributed by atoms with van der Waals surface area (Å²) >= 11 is 0. The summed E-state index contributed by atoms with van der Waals surface area (Å²) in [5.41, 5.74) is 0. The number of allylic oxidation sites excluding steroid dienone is 8. The molecule has 56 heavy (non-hydrogen) atoms. The van der Waals surface area contributed by atoms with Crippen molar-refractivity contribution in [3.63, 3.8) is 0 Å². The first kappa shape index (κ1) is 54.3. The fourth-order valence-electron chi connectivity index (χ4n) is 7.15. The largest absolute Gasteiger partial charge is 0.457 e. The molecule has 0 fully saturated rings. The molecule has 0 aromatic rings. The number of esters is 1. The number of ether oxygens (including phenoxy) is 2. The number of aliphatic hydroxyl groups is 1. The number of rotatable bonds is 46. The van der Waals surface area contributed by atoms with Crippen LogP contribution in [0.4, 0.5) is 0 Å². The van der Waals surface area contributed by atoms with E-state index < -0.39 is 6.10 Å². The Balaban J connectivity index is 3.42. The molecule has 4 nitrogen and oxygen atoms in total. The molecule has 0 saturated heterocycles. The van der Waals surface area contributed by atoms with E-state index in [0.29, 0.717) is 19.6 Å². The van der Waals surface area contributed by atoms with Crippen LogP contribution < -0.4 is 0 Å². The smallest absolute Gasteiger partial charge is 0.306 e. The predicted octanol–water partition coefficient (Wildman–Crippen LogP) is 16.6. The van der Waals surface area contributed by atoms with E-state index in [2.05, 4.69) is 62.5 Å². The zero-order valence-corrected chi connectivity index (χ0v) is 37.7. The van der Waals surface area contributed by atoms with Crippen molar-refractivity contribution in [2.45, 2.75) is 258 Å². The van der Waals surface area contributed by atoms with Gasteiger partial charge in [-0.2, -0.15) is 0 Å². The topological polar surface area (TPSA) is 55.8 Å². The van der Waals surface area contributed by atoms with Crippen molar-refractivity contribution in [3.8, 4) is 0 Å². The van der Waals surface area contributed by atoms with Gasteiger partial charge in [-0.15, -0.1) is 0 Å². The molecule has 0 aliphatic rings. The van der Waals surface area contributed by atoms with Crippen molar-refractivity contribution < 1.29 is 19.4 Å². The summed E-state index contributed by atoms with van der Waals surface area (Å²) in [5.74, 6) is -0.204. The molecule has 1 N–H and O–H groups in total. The summed E-state index contributed by atoms with van der Waals surface area (Å²) in [6, 6.07) is 0. The third-order valence-electron chi connectivity index (χ3n) is 10.9. The van der Waals surface area contributed by atoms with Gasteiger partial charge in [-0.3, -0.25) is 4.79 Å². The fourth-order valence-corrected chi connectivity index (χ4v) is 7.15. The Hall–Kier alpha value is -1.65. The average Bonchev–Trinajstić information content (AvgIpc) is 3.20. The first-order chi connectivity index (χ1) is 27.7. The molecule has 0 radical (unpaired) electrons. The Kier molecular flexibility index (Phi) is 48.0. The van der Waals surface area contributed by atoms with Crippen LogP contribution in [0.2, 0.25) is 0 Å². The van der Waals surface area contributed by atoms with Gasteiger partial charge in [0.25, 0.3) is 0 Å². The molecule has 0 amide bonds. The summed E-state index contributed by atoms with van der Waals surface area (Å²) in [6.45, 7) is 5.35. The third-order valence-corrected chi connectivity index (χ3v) is 10.9. The fraction of sp³-hybridized carbons (Fsp3) is 0.827. The van der Waals surface area contributed by atoms with Crippen LogP contribution in [0.5, 0.6) is 0 Å². The van der Waals surface area contributed by atoms with E-state index in [1.54, 1.807) is 0 Å². The van der Waals surface area contributed by atoms with E-state index in [4.69, 9.17) is 9.47 Å². The zero-order chi connectivity index (χ0) is 40.5. The maximum Gasteiger partial charge on any atom is 0.306 e. The summed E-state index contributed by atoms with van der Waals surface area (Å²) < 4.78 is 11.2. The second-order valence-corrected chi connectivity index (χ2v) is 16.5. The van der Waals surface area contributed by atoms with Gasteiger partial charge in [-0.1, -0.05) is 217 Å². The number of hydrogen-bond acceptors (Lipinski definition) is 4. The predicted molar refractivity (Wildman–Crippen MR) is 247 cm³/mol. The van der Waals surface area contributed by atoms with Crippen LogP contribution in [0.15, 0.2) is 48.6 Å². The standard InChI is InChI=1S/C52H96O4/c1-3-5-7-9-11-13-15-17-19-21-23-24-25-26-27-28-29-30-32-34-36-38-40-42-44-46-48-55-50-51(49-53)56-52(54)47-45-43-41-39-37-35-33-31-22-20-18-16-14-12-10-8-6-4-2/h15,17,20-23,25-26,51,53H,3-14,16,18-19,24,27-50H2,1-2H3/b17-15-,22-20-,23-21-,26-25-. The molecule has 1 unspecified atom stereocenters. The molecule has 1 atom stereocenters. The van der Waals surface area contributed by atoms with Gasteiger partial charge in [0.15, 0.2) is 0 Å². The molecular formula is C52H96O4. The molecule has 0 spiro atoms. The van der Waals surface area contributed by atoms with E-state index in [1.165, 1.54) is 199 Å². The number of carbonyl (C=O) groups excluding carboxylic acids is 1. The second kappa shape index (κ2) is 49.5. The monoisotopic (exact) mass is 785 g/mol. The van der Waals surface area contributed by atoms with Gasteiger partial charge in [0.1, 0.15) is 6.10 Å². The quantitative estimate of drug-likeness (QED) is 0.0379. The molecule has 0 saturated carbocycles. The van der Waals surface area contributed by atoms with Gasteiger partial charge in [0, 0.05) is 13.0 Å². The molecule has 0 bridgehead atoms. The van der Waals surface area contributed by atoms with Gasteiger partial charge in [-0.25, -0.2) is 0 Å². The summed E-state index contributed by atoms with van der Waals surface area (Å²) in [6.07, 6.45) is 64.8. The second-order valence-electron chi connectivity index (χ2n) is 16.5. The first-order valence-corrected chi connectivity index (χ1v) is 24.7. The minimum atomic E-state index is -0.539. The molecule has 0 aromatic heterocycles. The highest BCUT2D eigenvalue weighted by atomic mass is 16.6. The van der Waals surface area contributed by atoms with E-state index in [1.807, 2.05) is 0 Å². The molecule has 0 aromatic carbocycles. The lowest BCUT2D eigenvalue weighted by atomic mass is 10.1. The zero-order valence-electron chi connectivity index (χ0n) is 37.7. The maximum atomic E-state index is 12.2. The first-order valence-electron chi connectivity index (χ1n) is 24.7. The minimum Gasteiger partial charge on any atom is -0.457 e. The highest BCUT2D eigenvalue weighted by Gasteiger charge is 2.13. The molecule has 0 aliphatic carbocycles. The van der Waals surface area contributed by atoms with Crippen LogP contribution in [-0.4, -0.2) is 37.0 Å². The van der Waals surface area contributed by atoms with Crippen molar-refractivity contribution in [2.24, 2.45) is 0 Å². The SMILES string of the molecule is CCCCCCC/C=C\C/C=C\C/C=C\CCCCCCCCCCCCCOCC(CO)OC(=O)CCCCCCCCC/C=C\CCCCCCCCC. The van der Waals surface area contributed by atoms with Gasteiger partial charge in [-0.05, 0) is 77.0 Å². The lowest BCUT2D eigenvalue weighted by molar-refractivity contribution is -0.154. The molecule has 0 heterocycles. The average molecular weight is 785 g/mol. The van der Waals surface area contributed by atoms with Crippen LogP contribution >= 0.6 is 0 Å². The molecular weight excluding hydrogens is 689 g/mol. The van der Waals surface area contributed by atoms with Crippen LogP contribution in [0.1, 0.15) is 251 Å². The van der Waals surface area contributed by atoms with Crippen molar-refractivity contribution in [1.29, 1.82) is 0 Å². The minimum absolute atomic E-state index is 0.174. The van der Waals surface area contributed by atoms with E-state index in [-0.39, 0.29) is 12.6 Å². The van der Waals surface area contributed by atoms with E-state index in [9.17, 15) is 9.90 Å². The van der Waals surface area contributed by atoms with Crippen molar-refractivity contribution >= 4 is 5.97 Å². The van der Waals surface area contributed by atoms with Gasteiger partial charge in [0.2, 0.25) is 0 Å². The van der Waals surface area contributed by atoms with E-state index >= 15 is 0 Å². The third kappa shape index (κ3) is 46.7. The number of aliphatic hydroxyl groups excluding tert-OH is 1. The van der Waals surface area contributed by atoms with Crippen molar-refractivity contribution in [2.75, 3.05) is 19.8 Å². The molecule has 4 heteroatoms. The highest BCUT2D eigenvalue weighted by molar-refractivity contribution is 5.69. The number of unbranched alkanes of at least 4 members (excludes halogenated alkanes) is 30. The van der Waals surface area contributed by atoms with Crippen LogP contribution in [0, 0.1) is 0 Å². The molecule has 328 valence electrons. The summed E-state index contributed by atoms with van der Waals surface area (Å²) in [4.78, 5) is 12.2. The normalized spacial score (nSPS) is 12.7. The highest BCUT2D eigenvalue weighted by Crippen LogP contribution is 2.14.